The van der Waals surface area contributed by atoms with Crippen molar-refractivity contribution < 1.29 is 0 Å². The van der Waals surface area contributed by atoms with Crippen LogP contribution in [0.4, 0.5) is 5.69 Å². The predicted octanol–water partition coefficient (Wildman–Crippen LogP) is 3.34. The smallest absolute Gasteiger partial charge is 0.0368 e. The zero-order valence-corrected chi connectivity index (χ0v) is 11.7. The third kappa shape index (κ3) is 4.04. The fraction of sp³-hybridized carbons (Fsp3) is 0.600. The highest BCUT2D eigenvalue weighted by molar-refractivity contribution is 5.50. The van der Waals surface area contributed by atoms with Crippen LogP contribution in [-0.4, -0.2) is 19.6 Å². The van der Waals surface area contributed by atoms with Crippen LogP contribution >= 0.6 is 0 Å². The minimum Gasteiger partial charge on any atom is -0.372 e. The minimum atomic E-state index is 0.975. The van der Waals surface area contributed by atoms with Crippen molar-refractivity contribution >= 4 is 5.69 Å². The molecular formula is C15H26N2. The molecule has 2 nitrogen and oxygen atoms in total. The summed E-state index contributed by atoms with van der Waals surface area (Å²) in [5.74, 6) is 0. The van der Waals surface area contributed by atoms with Crippen LogP contribution in [0.1, 0.15) is 38.3 Å². The first-order chi connectivity index (χ1) is 8.22. The molecule has 0 atom stereocenters. The van der Waals surface area contributed by atoms with Crippen LogP contribution in [-0.2, 0) is 6.54 Å². The van der Waals surface area contributed by atoms with Gasteiger partial charge in [0.25, 0.3) is 0 Å². The Balaban J connectivity index is 2.79. The maximum atomic E-state index is 3.38. The first kappa shape index (κ1) is 14.0. The number of rotatable bonds is 7. The van der Waals surface area contributed by atoms with Crippen molar-refractivity contribution in [1.82, 2.24) is 5.32 Å². The third-order valence-corrected chi connectivity index (χ3v) is 3.13. The molecule has 0 amide bonds. The summed E-state index contributed by atoms with van der Waals surface area (Å²) in [4.78, 5) is 2.43. The Hall–Kier alpha value is -1.02. The largest absolute Gasteiger partial charge is 0.372 e. The van der Waals surface area contributed by atoms with E-state index in [1.54, 1.807) is 0 Å². The lowest BCUT2D eigenvalue weighted by molar-refractivity contribution is 0.723. The molecule has 2 heteroatoms. The Morgan fingerprint density at radius 3 is 2.47 bits per heavy atom. The highest BCUT2D eigenvalue weighted by Crippen LogP contribution is 2.19. The molecular weight excluding hydrogens is 208 g/mol. The second kappa shape index (κ2) is 7.33. The summed E-state index contributed by atoms with van der Waals surface area (Å²) in [7, 11) is 0. The molecule has 0 fully saturated rings. The molecule has 1 N–H and O–H groups in total. The van der Waals surface area contributed by atoms with Crippen molar-refractivity contribution in [3.63, 3.8) is 0 Å². The van der Waals surface area contributed by atoms with Gasteiger partial charge in [-0.15, -0.1) is 0 Å². The summed E-state index contributed by atoms with van der Waals surface area (Å²) in [6.07, 6.45) is 1.20. The van der Waals surface area contributed by atoms with Gasteiger partial charge in [-0.3, -0.25) is 0 Å². The van der Waals surface area contributed by atoms with Crippen molar-refractivity contribution in [2.24, 2.45) is 0 Å². The maximum Gasteiger partial charge on any atom is 0.0368 e. The maximum absolute atomic E-state index is 3.38. The van der Waals surface area contributed by atoms with E-state index in [4.69, 9.17) is 0 Å². The average molecular weight is 234 g/mol. The Morgan fingerprint density at radius 1 is 1.18 bits per heavy atom. The Kier molecular flexibility index (Phi) is 6.06. The summed E-state index contributed by atoms with van der Waals surface area (Å²) in [6, 6.07) is 6.82. The lowest BCUT2D eigenvalue weighted by Crippen LogP contribution is -2.23. The van der Waals surface area contributed by atoms with Crippen molar-refractivity contribution in [2.45, 2.75) is 40.7 Å². The van der Waals surface area contributed by atoms with Crippen LogP contribution in [0.5, 0.6) is 0 Å². The van der Waals surface area contributed by atoms with Gasteiger partial charge in [0.2, 0.25) is 0 Å². The SMILES string of the molecule is CCCN(CC)c1ccc(CNCC)c(C)c1. The van der Waals surface area contributed by atoms with E-state index in [-0.39, 0.29) is 0 Å². The molecule has 0 radical (unpaired) electrons. The Morgan fingerprint density at radius 2 is 1.94 bits per heavy atom. The summed E-state index contributed by atoms with van der Waals surface area (Å²) in [5, 5.41) is 3.38. The highest BCUT2D eigenvalue weighted by Gasteiger charge is 2.05. The van der Waals surface area contributed by atoms with Crippen LogP contribution in [0.2, 0.25) is 0 Å². The predicted molar refractivity (Wildman–Crippen MR) is 76.7 cm³/mol. The second-order valence-electron chi connectivity index (χ2n) is 4.47. The van der Waals surface area contributed by atoms with Gasteiger partial charge in [-0.2, -0.15) is 0 Å². The first-order valence-electron chi connectivity index (χ1n) is 6.78. The van der Waals surface area contributed by atoms with Gasteiger partial charge in [0.1, 0.15) is 0 Å². The molecule has 1 aromatic carbocycles. The molecule has 0 unspecified atom stereocenters. The summed E-state index contributed by atoms with van der Waals surface area (Å²) < 4.78 is 0. The van der Waals surface area contributed by atoms with E-state index >= 15 is 0 Å². The normalized spacial score (nSPS) is 10.6. The van der Waals surface area contributed by atoms with Crippen LogP contribution in [0.25, 0.3) is 0 Å². The highest BCUT2D eigenvalue weighted by atomic mass is 15.1. The monoisotopic (exact) mass is 234 g/mol. The number of benzene rings is 1. The number of nitrogens with one attached hydrogen (secondary N) is 1. The van der Waals surface area contributed by atoms with E-state index in [9.17, 15) is 0 Å². The standard InChI is InChI=1S/C15H26N2/c1-5-10-17(7-3)15-9-8-14(12-16-6-2)13(4)11-15/h8-9,11,16H,5-7,10,12H2,1-4H3. The van der Waals surface area contributed by atoms with E-state index in [1.807, 2.05) is 0 Å². The second-order valence-corrected chi connectivity index (χ2v) is 4.47. The number of hydrogen-bond acceptors (Lipinski definition) is 2. The lowest BCUT2D eigenvalue weighted by atomic mass is 10.1. The average Bonchev–Trinajstić information content (AvgIpc) is 2.34. The van der Waals surface area contributed by atoms with Gasteiger partial charge in [0.05, 0.1) is 0 Å². The van der Waals surface area contributed by atoms with E-state index in [0.29, 0.717) is 0 Å². The van der Waals surface area contributed by atoms with Gasteiger partial charge in [-0.05, 0) is 50.1 Å². The van der Waals surface area contributed by atoms with Gasteiger partial charge in [-0.1, -0.05) is 19.9 Å². The van der Waals surface area contributed by atoms with Crippen LogP contribution in [0, 0.1) is 6.92 Å². The van der Waals surface area contributed by atoms with Gasteiger partial charge >= 0.3 is 0 Å². The van der Waals surface area contributed by atoms with Gasteiger partial charge in [-0.25, -0.2) is 0 Å². The summed E-state index contributed by atoms with van der Waals surface area (Å²) in [6.45, 7) is 13.0. The molecule has 0 aliphatic rings. The first-order valence-corrected chi connectivity index (χ1v) is 6.78. The van der Waals surface area contributed by atoms with Crippen LogP contribution in [0.15, 0.2) is 18.2 Å². The van der Waals surface area contributed by atoms with Crippen molar-refractivity contribution in [1.29, 1.82) is 0 Å². The molecule has 0 bridgehead atoms. The summed E-state index contributed by atoms with van der Waals surface area (Å²) >= 11 is 0. The molecule has 17 heavy (non-hydrogen) atoms. The number of nitrogens with zero attached hydrogens (tertiary/aromatic N) is 1. The topological polar surface area (TPSA) is 15.3 Å². The van der Waals surface area contributed by atoms with E-state index in [0.717, 1.165) is 26.2 Å². The number of anilines is 1. The molecule has 0 spiro atoms. The van der Waals surface area contributed by atoms with Gasteiger partial charge in [0.15, 0.2) is 0 Å². The molecule has 1 rings (SSSR count). The number of hydrogen-bond donors (Lipinski definition) is 1. The fourth-order valence-corrected chi connectivity index (χ4v) is 2.07. The molecule has 0 saturated carbocycles. The van der Waals surface area contributed by atoms with Crippen molar-refractivity contribution in [2.75, 3.05) is 24.5 Å². The van der Waals surface area contributed by atoms with Gasteiger partial charge in [0, 0.05) is 25.3 Å². The van der Waals surface area contributed by atoms with Crippen LogP contribution in [0.3, 0.4) is 0 Å². The van der Waals surface area contributed by atoms with E-state index < -0.39 is 0 Å². The van der Waals surface area contributed by atoms with E-state index in [1.165, 1.54) is 23.2 Å². The molecule has 1 aromatic rings. The Bertz CT molecular complexity index is 334. The van der Waals surface area contributed by atoms with Crippen LogP contribution < -0.4 is 10.2 Å². The van der Waals surface area contributed by atoms with Crippen molar-refractivity contribution in [3.05, 3.63) is 29.3 Å². The lowest BCUT2D eigenvalue weighted by Gasteiger charge is -2.23. The minimum absolute atomic E-state index is 0.975. The fourth-order valence-electron chi connectivity index (χ4n) is 2.07. The quantitative estimate of drug-likeness (QED) is 0.778. The zero-order valence-electron chi connectivity index (χ0n) is 11.7. The van der Waals surface area contributed by atoms with E-state index in [2.05, 4.69) is 56.1 Å². The molecule has 0 saturated heterocycles. The zero-order chi connectivity index (χ0) is 12.7. The molecule has 96 valence electrons. The Labute approximate surface area is 106 Å². The summed E-state index contributed by atoms with van der Waals surface area (Å²) in [5.41, 5.74) is 4.15. The molecule has 0 heterocycles. The van der Waals surface area contributed by atoms with Gasteiger partial charge < -0.3 is 10.2 Å². The molecule has 0 aromatic heterocycles. The molecule has 0 aliphatic carbocycles. The number of aryl methyl sites for hydroxylation is 1. The van der Waals surface area contributed by atoms with Crippen molar-refractivity contribution in [3.8, 4) is 0 Å². The third-order valence-electron chi connectivity index (χ3n) is 3.13. The molecule has 0 aliphatic heterocycles.